The van der Waals surface area contributed by atoms with Crippen LogP contribution in [-0.4, -0.2) is 12.1 Å². The Hall–Kier alpha value is -2.04. The molecule has 0 aliphatic heterocycles. The van der Waals surface area contributed by atoms with Gasteiger partial charge in [0.25, 0.3) is 0 Å². The van der Waals surface area contributed by atoms with Gasteiger partial charge in [0.15, 0.2) is 0 Å². The zero-order chi connectivity index (χ0) is 15.1. The van der Waals surface area contributed by atoms with Gasteiger partial charge in [-0.1, -0.05) is 27.7 Å². The Kier molecular flexibility index (Phi) is 3.24. The summed E-state index contributed by atoms with van der Waals surface area (Å²) in [7, 11) is 0. The number of rotatable bonds is 2. The first-order chi connectivity index (χ1) is 9.25. The van der Waals surface area contributed by atoms with Crippen molar-refractivity contribution >= 4 is 0 Å². The summed E-state index contributed by atoms with van der Waals surface area (Å²) in [4.78, 5) is 0. The zero-order valence-electron chi connectivity index (χ0n) is 12.3. The van der Waals surface area contributed by atoms with Gasteiger partial charge in [0.05, 0.1) is 11.1 Å². The standard InChI is InChI=1S/C16H19N3O/c1-15(2)13(19)16(3,4)14(15)20-12-6-5-10(8-17)11(7-12)9-18/h5-7,13-14H,19H2,1-4H3/t13-,14-. The lowest BCUT2D eigenvalue weighted by Crippen LogP contribution is -2.72. The highest BCUT2D eigenvalue weighted by Gasteiger charge is 2.61. The lowest BCUT2D eigenvalue weighted by Gasteiger charge is -2.61. The largest absolute Gasteiger partial charge is 0.489 e. The van der Waals surface area contributed by atoms with Crippen LogP contribution < -0.4 is 10.5 Å². The van der Waals surface area contributed by atoms with Crippen LogP contribution in [0.2, 0.25) is 0 Å². The third-order valence-corrected chi connectivity index (χ3v) is 4.44. The van der Waals surface area contributed by atoms with Gasteiger partial charge in [0.1, 0.15) is 24.0 Å². The van der Waals surface area contributed by atoms with Gasteiger partial charge in [-0.25, -0.2) is 0 Å². The van der Waals surface area contributed by atoms with Crippen molar-refractivity contribution in [1.82, 2.24) is 0 Å². The fourth-order valence-corrected chi connectivity index (χ4v) is 3.37. The number of ether oxygens (including phenoxy) is 1. The van der Waals surface area contributed by atoms with Gasteiger partial charge in [-0.15, -0.1) is 0 Å². The topological polar surface area (TPSA) is 82.8 Å². The lowest BCUT2D eigenvalue weighted by atomic mass is 9.50. The van der Waals surface area contributed by atoms with Gasteiger partial charge in [0, 0.05) is 16.9 Å². The second-order valence-corrected chi connectivity index (χ2v) is 6.55. The normalized spacial score (nSPS) is 25.9. The van der Waals surface area contributed by atoms with E-state index in [1.54, 1.807) is 18.2 Å². The van der Waals surface area contributed by atoms with E-state index in [4.69, 9.17) is 21.0 Å². The summed E-state index contributed by atoms with van der Waals surface area (Å²) in [5.41, 5.74) is 6.66. The summed E-state index contributed by atoms with van der Waals surface area (Å²) < 4.78 is 6.05. The number of hydrogen-bond acceptors (Lipinski definition) is 4. The van der Waals surface area contributed by atoms with E-state index in [-0.39, 0.29) is 23.0 Å². The molecule has 0 amide bonds. The minimum Gasteiger partial charge on any atom is -0.489 e. The van der Waals surface area contributed by atoms with Crippen molar-refractivity contribution in [2.24, 2.45) is 16.6 Å². The van der Waals surface area contributed by atoms with E-state index in [1.807, 2.05) is 12.1 Å². The molecule has 1 aliphatic carbocycles. The molecule has 0 atom stereocenters. The summed E-state index contributed by atoms with van der Waals surface area (Å²) in [6.45, 7) is 8.34. The maximum Gasteiger partial charge on any atom is 0.121 e. The van der Waals surface area contributed by atoms with E-state index in [2.05, 4.69) is 27.7 Å². The summed E-state index contributed by atoms with van der Waals surface area (Å²) in [5.74, 6) is 0.610. The Labute approximate surface area is 119 Å². The molecule has 0 bridgehead atoms. The zero-order valence-corrected chi connectivity index (χ0v) is 12.3. The number of nitrogens with two attached hydrogens (primary N) is 1. The number of nitrogens with zero attached hydrogens (tertiary/aromatic N) is 2. The fourth-order valence-electron chi connectivity index (χ4n) is 3.37. The molecule has 20 heavy (non-hydrogen) atoms. The van der Waals surface area contributed by atoms with E-state index < -0.39 is 0 Å². The van der Waals surface area contributed by atoms with Gasteiger partial charge in [-0.3, -0.25) is 0 Å². The molecule has 0 saturated heterocycles. The number of hydrogen-bond donors (Lipinski definition) is 1. The van der Waals surface area contributed by atoms with Crippen molar-refractivity contribution in [3.63, 3.8) is 0 Å². The first kappa shape index (κ1) is 14.4. The molecule has 1 aliphatic rings. The number of benzene rings is 1. The highest BCUT2D eigenvalue weighted by molar-refractivity contribution is 5.49. The molecule has 0 aromatic heterocycles. The van der Waals surface area contributed by atoms with Crippen LogP contribution in [0, 0.1) is 33.5 Å². The Balaban J connectivity index is 2.28. The molecule has 0 spiro atoms. The summed E-state index contributed by atoms with van der Waals surface area (Å²) in [6.07, 6.45) is -0.0236. The average Bonchev–Trinajstić information content (AvgIpc) is 2.43. The van der Waals surface area contributed by atoms with Crippen molar-refractivity contribution in [3.05, 3.63) is 29.3 Å². The van der Waals surface area contributed by atoms with E-state index in [0.717, 1.165) is 0 Å². The number of nitriles is 2. The summed E-state index contributed by atoms with van der Waals surface area (Å²) >= 11 is 0. The van der Waals surface area contributed by atoms with Crippen LogP contribution in [0.4, 0.5) is 0 Å². The predicted molar refractivity (Wildman–Crippen MR) is 75.8 cm³/mol. The molecule has 4 nitrogen and oxygen atoms in total. The van der Waals surface area contributed by atoms with Crippen molar-refractivity contribution in [2.75, 3.05) is 0 Å². The average molecular weight is 269 g/mol. The van der Waals surface area contributed by atoms with Crippen molar-refractivity contribution in [2.45, 2.75) is 39.8 Å². The summed E-state index contributed by atoms with van der Waals surface area (Å²) in [6, 6.07) is 9.05. The molecular formula is C16H19N3O. The van der Waals surface area contributed by atoms with Crippen molar-refractivity contribution in [3.8, 4) is 17.9 Å². The van der Waals surface area contributed by atoms with Gasteiger partial charge < -0.3 is 10.5 Å². The molecule has 1 saturated carbocycles. The minimum absolute atomic E-state index is 0.0236. The maximum absolute atomic E-state index is 9.05. The second-order valence-electron chi connectivity index (χ2n) is 6.55. The SMILES string of the molecule is CC1(C)[C@H](N)C(C)(C)[C@H]1Oc1ccc(C#N)c(C#N)c1. The first-order valence-corrected chi connectivity index (χ1v) is 6.61. The van der Waals surface area contributed by atoms with Crippen LogP contribution in [0.5, 0.6) is 5.75 Å². The summed E-state index contributed by atoms with van der Waals surface area (Å²) in [5, 5.41) is 18.0. The van der Waals surface area contributed by atoms with Gasteiger partial charge in [-0.2, -0.15) is 10.5 Å². The van der Waals surface area contributed by atoms with E-state index in [1.165, 1.54) is 0 Å². The van der Waals surface area contributed by atoms with Crippen LogP contribution in [0.1, 0.15) is 38.8 Å². The maximum atomic E-state index is 9.05. The van der Waals surface area contributed by atoms with Crippen LogP contribution in [0.25, 0.3) is 0 Å². The molecule has 0 radical (unpaired) electrons. The van der Waals surface area contributed by atoms with Crippen LogP contribution in [0.3, 0.4) is 0 Å². The highest BCUT2D eigenvalue weighted by atomic mass is 16.5. The van der Waals surface area contributed by atoms with Crippen molar-refractivity contribution < 1.29 is 4.74 Å². The third kappa shape index (κ3) is 1.94. The Morgan fingerprint density at radius 1 is 1.05 bits per heavy atom. The second kappa shape index (κ2) is 4.51. The molecule has 0 heterocycles. The quantitative estimate of drug-likeness (QED) is 0.894. The van der Waals surface area contributed by atoms with Crippen LogP contribution >= 0.6 is 0 Å². The van der Waals surface area contributed by atoms with Crippen LogP contribution in [0.15, 0.2) is 18.2 Å². The van der Waals surface area contributed by atoms with E-state index in [0.29, 0.717) is 16.9 Å². The van der Waals surface area contributed by atoms with Gasteiger partial charge in [-0.05, 0) is 18.2 Å². The van der Waals surface area contributed by atoms with Crippen molar-refractivity contribution in [1.29, 1.82) is 10.5 Å². The molecule has 2 rings (SSSR count). The molecule has 4 heteroatoms. The third-order valence-electron chi connectivity index (χ3n) is 4.44. The lowest BCUT2D eigenvalue weighted by molar-refractivity contribution is -0.155. The Bertz CT molecular complexity index is 604. The molecule has 1 fully saturated rings. The minimum atomic E-state index is -0.121. The van der Waals surface area contributed by atoms with E-state index in [9.17, 15) is 0 Å². The molecule has 1 aromatic rings. The molecule has 1 aromatic carbocycles. The van der Waals surface area contributed by atoms with E-state index >= 15 is 0 Å². The van der Waals surface area contributed by atoms with Crippen LogP contribution in [-0.2, 0) is 0 Å². The monoisotopic (exact) mass is 269 g/mol. The smallest absolute Gasteiger partial charge is 0.121 e. The first-order valence-electron chi connectivity index (χ1n) is 6.61. The Morgan fingerprint density at radius 2 is 1.60 bits per heavy atom. The molecule has 104 valence electrons. The van der Waals surface area contributed by atoms with Gasteiger partial charge >= 0.3 is 0 Å². The van der Waals surface area contributed by atoms with Gasteiger partial charge in [0.2, 0.25) is 0 Å². The molecular weight excluding hydrogens is 250 g/mol. The predicted octanol–water partition coefficient (Wildman–Crippen LogP) is 2.57. The highest BCUT2D eigenvalue weighted by Crippen LogP contribution is 2.54. The molecule has 0 unspecified atom stereocenters. The Morgan fingerprint density at radius 3 is 2.10 bits per heavy atom. The molecule has 2 N–H and O–H groups in total. The fraction of sp³-hybridized carbons (Fsp3) is 0.500.